The van der Waals surface area contributed by atoms with E-state index in [-0.39, 0.29) is 11.3 Å². The number of nitro benzene ring substituents is 1. The smallest absolute Gasteiger partial charge is 0.315 e. The van der Waals surface area contributed by atoms with Gasteiger partial charge in [0, 0.05) is 17.7 Å². The fourth-order valence-electron chi connectivity index (χ4n) is 2.11. The summed E-state index contributed by atoms with van der Waals surface area (Å²) < 4.78 is 4.66. The van der Waals surface area contributed by atoms with Crippen LogP contribution in [0.3, 0.4) is 0 Å². The summed E-state index contributed by atoms with van der Waals surface area (Å²) in [6.07, 6.45) is 7.10. The first-order chi connectivity index (χ1) is 9.99. The molecule has 21 heavy (non-hydrogen) atoms. The van der Waals surface area contributed by atoms with Crippen LogP contribution in [-0.4, -0.2) is 29.5 Å². The van der Waals surface area contributed by atoms with E-state index in [0.717, 1.165) is 6.07 Å². The van der Waals surface area contributed by atoms with Crippen molar-refractivity contribution in [1.29, 1.82) is 0 Å². The predicted molar refractivity (Wildman–Crippen MR) is 77.8 cm³/mol. The maximum absolute atomic E-state index is 10.4. The van der Waals surface area contributed by atoms with Crippen LogP contribution < -0.4 is 10.5 Å². The Kier molecular flexibility index (Phi) is 6.61. The number of phenols is 1. The van der Waals surface area contributed by atoms with E-state index in [0.29, 0.717) is 12.3 Å². The van der Waals surface area contributed by atoms with Crippen LogP contribution in [0.1, 0.15) is 42.5 Å². The van der Waals surface area contributed by atoms with E-state index in [1.165, 1.54) is 45.3 Å². The van der Waals surface area contributed by atoms with Crippen LogP contribution in [0.5, 0.6) is 11.5 Å². The molecule has 0 radical (unpaired) electrons. The van der Waals surface area contributed by atoms with E-state index in [1.54, 1.807) is 0 Å². The molecule has 0 amide bonds. The number of ether oxygens (including phenoxy) is 1. The lowest BCUT2D eigenvalue weighted by molar-refractivity contribution is -0.386. The molecule has 1 aromatic rings. The third kappa shape index (κ3) is 5.03. The van der Waals surface area contributed by atoms with Gasteiger partial charge in [-0.15, -0.1) is 0 Å². The SMILES string of the molecule is COc1cc(C=O)cc([N+](=O)[O-])c1O.NC1CCCCC1. The first-order valence-electron chi connectivity index (χ1n) is 6.75. The van der Waals surface area contributed by atoms with E-state index in [4.69, 9.17) is 5.73 Å². The van der Waals surface area contributed by atoms with Crippen LogP contribution in [0, 0.1) is 10.1 Å². The molecule has 1 fully saturated rings. The Bertz CT molecular complexity index is 498. The molecule has 7 nitrogen and oxygen atoms in total. The van der Waals surface area contributed by atoms with Crippen molar-refractivity contribution in [2.45, 2.75) is 38.1 Å². The molecule has 0 atom stereocenters. The first-order valence-corrected chi connectivity index (χ1v) is 6.75. The average Bonchev–Trinajstić information content (AvgIpc) is 2.48. The Hall–Kier alpha value is -2.15. The normalized spacial score (nSPS) is 14.8. The summed E-state index contributed by atoms with van der Waals surface area (Å²) in [5, 5.41) is 19.7. The number of carbonyl (C=O) groups is 1. The van der Waals surface area contributed by atoms with Gasteiger partial charge in [-0.25, -0.2) is 0 Å². The van der Waals surface area contributed by atoms with Gasteiger partial charge < -0.3 is 15.6 Å². The van der Waals surface area contributed by atoms with Crippen LogP contribution >= 0.6 is 0 Å². The van der Waals surface area contributed by atoms with Gasteiger partial charge in [0.1, 0.15) is 6.29 Å². The summed E-state index contributed by atoms with van der Waals surface area (Å²) in [6, 6.07) is 2.73. The standard InChI is InChI=1S/C8H7NO5.C6H13N/c1-14-7-3-5(4-10)2-6(8(7)11)9(12)13;7-6-4-2-1-3-5-6/h2-4,11H,1H3;6H,1-5,7H2. The summed E-state index contributed by atoms with van der Waals surface area (Å²) >= 11 is 0. The van der Waals surface area contributed by atoms with Gasteiger partial charge in [-0.2, -0.15) is 0 Å². The number of carbonyl (C=O) groups excluding carboxylic acids is 1. The van der Waals surface area contributed by atoms with E-state index in [9.17, 15) is 20.0 Å². The summed E-state index contributed by atoms with van der Waals surface area (Å²) in [6.45, 7) is 0. The van der Waals surface area contributed by atoms with Crippen molar-refractivity contribution in [3.05, 3.63) is 27.8 Å². The molecule has 0 saturated heterocycles. The zero-order valence-electron chi connectivity index (χ0n) is 11.9. The fraction of sp³-hybridized carbons (Fsp3) is 0.500. The number of hydrogen-bond donors (Lipinski definition) is 2. The molecule has 0 heterocycles. The summed E-state index contributed by atoms with van der Waals surface area (Å²) in [7, 11) is 1.24. The topological polar surface area (TPSA) is 116 Å². The lowest BCUT2D eigenvalue weighted by Gasteiger charge is -2.15. The van der Waals surface area contributed by atoms with Crippen LogP contribution in [0.15, 0.2) is 12.1 Å². The van der Waals surface area contributed by atoms with Gasteiger partial charge in [0.05, 0.1) is 12.0 Å². The van der Waals surface area contributed by atoms with Crippen LogP contribution in [0.4, 0.5) is 5.69 Å². The number of rotatable bonds is 3. The predicted octanol–water partition coefficient (Wildman–Crippen LogP) is 2.40. The molecular formula is C14H20N2O5. The first kappa shape index (κ1) is 16.9. The second kappa shape index (κ2) is 8.21. The number of hydrogen-bond acceptors (Lipinski definition) is 6. The molecule has 3 N–H and O–H groups in total. The van der Waals surface area contributed by atoms with E-state index in [2.05, 4.69) is 4.74 Å². The van der Waals surface area contributed by atoms with Crippen molar-refractivity contribution in [3.8, 4) is 11.5 Å². The zero-order valence-corrected chi connectivity index (χ0v) is 11.9. The average molecular weight is 296 g/mol. The van der Waals surface area contributed by atoms with Crippen molar-refractivity contribution in [1.82, 2.24) is 0 Å². The molecule has 1 saturated carbocycles. The summed E-state index contributed by atoms with van der Waals surface area (Å²) in [4.78, 5) is 20.0. The molecule has 0 spiro atoms. The highest BCUT2D eigenvalue weighted by Crippen LogP contribution is 2.36. The lowest BCUT2D eigenvalue weighted by Crippen LogP contribution is -2.22. The molecule has 1 aromatic carbocycles. The van der Waals surface area contributed by atoms with Crippen molar-refractivity contribution in [2.75, 3.05) is 7.11 Å². The van der Waals surface area contributed by atoms with Gasteiger partial charge >= 0.3 is 5.69 Å². The van der Waals surface area contributed by atoms with Crippen LogP contribution in [0.2, 0.25) is 0 Å². The molecule has 7 heteroatoms. The number of phenolic OH excluding ortho intramolecular Hbond substituents is 1. The molecule has 0 unspecified atom stereocenters. The fourth-order valence-corrected chi connectivity index (χ4v) is 2.11. The highest BCUT2D eigenvalue weighted by atomic mass is 16.6. The Morgan fingerprint density at radius 3 is 2.38 bits per heavy atom. The molecule has 1 aliphatic rings. The number of aromatic hydroxyl groups is 1. The number of nitro groups is 1. The molecule has 0 bridgehead atoms. The summed E-state index contributed by atoms with van der Waals surface area (Å²) in [5.41, 5.74) is 5.16. The van der Waals surface area contributed by atoms with Gasteiger partial charge in [0.25, 0.3) is 0 Å². The van der Waals surface area contributed by atoms with Crippen molar-refractivity contribution in [2.24, 2.45) is 5.73 Å². The Balaban J connectivity index is 0.000000262. The van der Waals surface area contributed by atoms with E-state index < -0.39 is 16.4 Å². The Morgan fingerprint density at radius 1 is 1.38 bits per heavy atom. The highest BCUT2D eigenvalue weighted by molar-refractivity contribution is 5.79. The lowest BCUT2D eigenvalue weighted by atomic mass is 9.97. The monoisotopic (exact) mass is 296 g/mol. The number of aldehydes is 1. The molecule has 1 aliphatic carbocycles. The van der Waals surface area contributed by atoms with Crippen LogP contribution in [-0.2, 0) is 0 Å². The quantitative estimate of drug-likeness (QED) is 0.502. The van der Waals surface area contributed by atoms with Crippen molar-refractivity contribution < 1.29 is 19.6 Å². The highest BCUT2D eigenvalue weighted by Gasteiger charge is 2.19. The number of methoxy groups -OCH3 is 1. The maximum atomic E-state index is 10.4. The van der Waals surface area contributed by atoms with Crippen molar-refractivity contribution >= 4 is 12.0 Å². The Morgan fingerprint density at radius 2 is 2.00 bits per heavy atom. The van der Waals surface area contributed by atoms with Gasteiger partial charge in [-0.1, -0.05) is 19.3 Å². The Labute approximate surface area is 122 Å². The number of nitrogens with two attached hydrogens (primary N) is 1. The molecule has 2 rings (SSSR count). The minimum Gasteiger partial charge on any atom is -0.500 e. The largest absolute Gasteiger partial charge is 0.500 e. The van der Waals surface area contributed by atoms with Crippen LogP contribution in [0.25, 0.3) is 0 Å². The minimum absolute atomic E-state index is 0.0753. The molecule has 0 aromatic heterocycles. The van der Waals surface area contributed by atoms with Gasteiger partial charge in [0.2, 0.25) is 5.75 Å². The van der Waals surface area contributed by atoms with Crippen molar-refractivity contribution in [3.63, 3.8) is 0 Å². The molecular weight excluding hydrogens is 276 g/mol. The third-order valence-corrected chi connectivity index (χ3v) is 3.28. The second-order valence-electron chi connectivity index (χ2n) is 4.86. The van der Waals surface area contributed by atoms with E-state index in [1.807, 2.05) is 0 Å². The molecule has 0 aliphatic heterocycles. The zero-order chi connectivity index (χ0) is 15.8. The summed E-state index contributed by atoms with van der Waals surface area (Å²) in [5.74, 6) is -0.676. The van der Waals surface area contributed by atoms with Gasteiger partial charge in [0.15, 0.2) is 5.75 Å². The van der Waals surface area contributed by atoms with E-state index >= 15 is 0 Å². The minimum atomic E-state index is -0.787. The maximum Gasteiger partial charge on any atom is 0.315 e. The third-order valence-electron chi connectivity index (χ3n) is 3.28. The number of benzene rings is 1. The molecule has 116 valence electrons. The second-order valence-corrected chi connectivity index (χ2v) is 4.86. The van der Waals surface area contributed by atoms with Gasteiger partial charge in [-0.05, 0) is 18.9 Å². The number of nitrogens with zero attached hydrogens (tertiary/aromatic N) is 1. The van der Waals surface area contributed by atoms with Gasteiger partial charge in [-0.3, -0.25) is 14.9 Å².